The van der Waals surface area contributed by atoms with E-state index in [1.165, 1.54) is 19.3 Å². The Hall–Kier alpha value is -1.73. The summed E-state index contributed by atoms with van der Waals surface area (Å²) in [5.41, 5.74) is 0. The molecule has 0 saturated carbocycles. The zero-order valence-electron chi connectivity index (χ0n) is 15.5. The van der Waals surface area contributed by atoms with Crippen molar-refractivity contribution in [2.45, 2.75) is 70.5 Å². The fourth-order valence-electron chi connectivity index (χ4n) is 2.16. The van der Waals surface area contributed by atoms with Crippen molar-refractivity contribution < 1.29 is 30.2 Å². The smallest absolute Gasteiger partial charge is 0.303 e. The molecule has 0 aliphatic rings. The molecule has 0 aromatic carbocycles. The molecule has 0 saturated heterocycles. The average Bonchev–Trinajstić information content (AvgIpc) is 2.63. The monoisotopic (exact) mass is 368 g/mol. The first-order valence-electron chi connectivity index (χ1n) is 9.12. The second-order valence-corrected chi connectivity index (χ2v) is 5.93. The number of aliphatic carboxylic acids is 1. The van der Waals surface area contributed by atoms with E-state index in [2.05, 4.69) is 22.8 Å². The van der Waals surface area contributed by atoms with Crippen LogP contribution in [0.15, 0.2) is 48.6 Å². The maximum Gasteiger partial charge on any atom is 0.303 e. The summed E-state index contributed by atoms with van der Waals surface area (Å²) >= 11 is 0. The van der Waals surface area contributed by atoms with Gasteiger partial charge in [-0.3, -0.25) is 15.3 Å². The highest BCUT2D eigenvalue weighted by Crippen LogP contribution is 2.06. The SMILES string of the molecule is CCCCC/C=C\CC(/C=C/C=C/C=C/C(CCCC(=O)O)OO)OO. The standard InChI is InChI=1S/C20H32O6/c1-2-3-4-5-6-9-13-18(25-23)14-10-7-8-11-15-19(26-24)16-12-17-20(21)22/h6-11,14-15,18-19,23-24H,2-5,12-13,16-17H2,1H3,(H,21,22)/b8-7+,9-6-,14-10+,15-11+. The third-order valence-electron chi connectivity index (χ3n) is 3.64. The molecule has 0 fully saturated rings. The summed E-state index contributed by atoms with van der Waals surface area (Å²) in [5.74, 6) is -0.868. The maximum absolute atomic E-state index is 10.4. The van der Waals surface area contributed by atoms with E-state index in [-0.39, 0.29) is 6.42 Å². The number of allylic oxidation sites excluding steroid dienone is 5. The van der Waals surface area contributed by atoms with Gasteiger partial charge in [-0.1, -0.05) is 68.4 Å². The number of unbranched alkanes of at least 4 members (excludes halogenated alkanes) is 3. The normalized spacial score (nSPS) is 14.9. The lowest BCUT2D eigenvalue weighted by molar-refractivity contribution is -0.267. The molecule has 2 unspecified atom stereocenters. The minimum atomic E-state index is -0.868. The Balaban J connectivity index is 4.11. The highest BCUT2D eigenvalue weighted by Gasteiger charge is 2.05. The van der Waals surface area contributed by atoms with Gasteiger partial charge >= 0.3 is 5.97 Å². The molecule has 0 amide bonds. The Morgan fingerprint density at radius 3 is 2.15 bits per heavy atom. The van der Waals surface area contributed by atoms with Crippen molar-refractivity contribution in [2.75, 3.05) is 0 Å². The Kier molecular flexibility index (Phi) is 16.9. The molecule has 148 valence electrons. The summed E-state index contributed by atoms with van der Waals surface area (Å²) in [6, 6.07) is 0. The Morgan fingerprint density at radius 1 is 0.923 bits per heavy atom. The van der Waals surface area contributed by atoms with Crippen LogP contribution in [0.25, 0.3) is 0 Å². The van der Waals surface area contributed by atoms with Gasteiger partial charge in [-0.05, 0) is 32.1 Å². The van der Waals surface area contributed by atoms with Crippen molar-refractivity contribution in [1.82, 2.24) is 0 Å². The Labute approximate surface area is 156 Å². The van der Waals surface area contributed by atoms with Gasteiger partial charge in [0.25, 0.3) is 0 Å². The molecule has 0 aromatic heterocycles. The molecule has 0 radical (unpaired) electrons. The number of carboxylic acid groups (broad SMARTS) is 1. The largest absolute Gasteiger partial charge is 0.481 e. The third kappa shape index (κ3) is 15.8. The van der Waals surface area contributed by atoms with E-state index in [1.807, 2.05) is 6.08 Å². The fraction of sp³-hybridized carbons (Fsp3) is 0.550. The summed E-state index contributed by atoms with van der Waals surface area (Å²) in [6.07, 6.45) is 19.7. The van der Waals surface area contributed by atoms with Crippen LogP contribution in [-0.2, 0) is 14.6 Å². The van der Waals surface area contributed by atoms with Gasteiger partial charge in [0.15, 0.2) is 0 Å². The summed E-state index contributed by atoms with van der Waals surface area (Å²) in [7, 11) is 0. The van der Waals surface area contributed by atoms with Crippen molar-refractivity contribution in [3.63, 3.8) is 0 Å². The third-order valence-corrected chi connectivity index (χ3v) is 3.64. The molecule has 0 rings (SSSR count). The summed E-state index contributed by atoms with van der Waals surface area (Å²) < 4.78 is 0. The first kappa shape index (κ1) is 24.3. The van der Waals surface area contributed by atoms with Crippen molar-refractivity contribution >= 4 is 5.97 Å². The number of carboxylic acids is 1. The highest BCUT2D eigenvalue weighted by molar-refractivity contribution is 5.66. The summed E-state index contributed by atoms with van der Waals surface area (Å²) in [4.78, 5) is 19.1. The molecule has 0 bridgehead atoms. The van der Waals surface area contributed by atoms with E-state index in [9.17, 15) is 4.79 Å². The number of hydrogen-bond acceptors (Lipinski definition) is 5. The molecule has 2 atom stereocenters. The zero-order valence-corrected chi connectivity index (χ0v) is 15.5. The molecule has 6 nitrogen and oxygen atoms in total. The van der Waals surface area contributed by atoms with Crippen LogP contribution in [0.1, 0.15) is 58.3 Å². The van der Waals surface area contributed by atoms with Crippen molar-refractivity contribution in [1.29, 1.82) is 0 Å². The van der Waals surface area contributed by atoms with Crippen LogP contribution < -0.4 is 0 Å². The lowest BCUT2D eigenvalue weighted by atomic mass is 10.1. The number of hydrogen-bond donors (Lipinski definition) is 3. The van der Waals surface area contributed by atoms with Crippen LogP contribution in [0.5, 0.6) is 0 Å². The van der Waals surface area contributed by atoms with E-state index >= 15 is 0 Å². The zero-order chi connectivity index (χ0) is 19.5. The minimum absolute atomic E-state index is 0.0435. The molecule has 0 aliphatic carbocycles. The second-order valence-electron chi connectivity index (χ2n) is 5.93. The molecule has 0 heterocycles. The van der Waals surface area contributed by atoms with Gasteiger partial charge in [0.2, 0.25) is 0 Å². The van der Waals surface area contributed by atoms with Crippen LogP contribution in [0.2, 0.25) is 0 Å². The average molecular weight is 368 g/mol. The summed E-state index contributed by atoms with van der Waals surface area (Å²) in [5, 5.41) is 26.2. The van der Waals surface area contributed by atoms with E-state index in [1.54, 1.807) is 36.5 Å². The predicted molar refractivity (Wildman–Crippen MR) is 102 cm³/mol. The van der Waals surface area contributed by atoms with Crippen molar-refractivity contribution in [3.8, 4) is 0 Å². The van der Waals surface area contributed by atoms with Crippen LogP contribution in [0.3, 0.4) is 0 Å². The van der Waals surface area contributed by atoms with Crippen LogP contribution in [-0.4, -0.2) is 33.8 Å². The second kappa shape index (κ2) is 18.1. The molecule has 0 aliphatic heterocycles. The lowest BCUT2D eigenvalue weighted by Gasteiger charge is -2.06. The predicted octanol–water partition coefficient (Wildman–Crippen LogP) is 5.15. The quantitative estimate of drug-likeness (QED) is 0.115. The highest BCUT2D eigenvalue weighted by atomic mass is 17.1. The van der Waals surface area contributed by atoms with E-state index in [0.29, 0.717) is 19.3 Å². The van der Waals surface area contributed by atoms with Gasteiger partial charge in [-0.25, -0.2) is 9.78 Å². The Bertz CT molecular complexity index is 453. The first-order valence-corrected chi connectivity index (χ1v) is 9.12. The van der Waals surface area contributed by atoms with Gasteiger partial charge in [0.1, 0.15) is 12.2 Å². The van der Waals surface area contributed by atoms with Gasteiger partial charge < -0.3 is 5.11 Å². The molecule has 0 aromatic rings. The molecular weight excluding hydrogens is 336 g/mol. The van der Waals surface area contributed by atoms with E-state index in [0.717, 1.165) is 6.42 Å². The van der Waals surface area contributed by atoms with Gasteiger partial charge in [-0.2, -0.15) is 0 Å². The van der Waals surface area contributed by atoms with Crippen LogP contribution in [0.4, 0.5) is 0 Å². The van der Waals surface area contributed by atoms with Gasteiger partial charge in [0.05, 0.1) is 0 Å². The Morgan fingerprint density at radius 2 is 1.58 bits per heavy atom. The first-order chi connectivity index (χ1) is 12.6. The fourth-order valence-corrected chi connectivity index (χ4v) is 2.16. The van der Waals surface area contributed by atoms with Gasteiger partial charge in [-0.15, -0.1) is 0 Å². The van der Waals surface area contributed by atoms with E-state index in [4.69, 9.17) is 15.6 Å². The van der Waals surface area contributed by atoms with Crippen LogP contribution in [0, 0.1) is 0 Å². The van der Waals surface area contributed by atoms with E-state index < -0.39 is 18.2 Å². The lowest BCUT2D eigenvalue weighted by Crippen LogP contribution is -2.08. The molecule has 0 spiro atoms. The number of rotatable bonds is 16. The summed E-state index contributed by atoms with van der Waals surface area (Å²) in [6.45, 7) is 2.17. The van der Waals surface area contributed by atoms with Gasteiger partial charge in [0, 0.05) is 6.42 Å². The van der Waals surface area contributed by atoms with Crippen molar-refractivity contribution in [3.05, 3.63) is 48.6 Å². The molecule has 26 heavy (non-hydrogen) atoms. The molecular formula is C20H32O6. The topological polar surface area (TPSA) is 96.2 Å². The molecule has 3 N–H and O–H groups in total. The number of carbonyl (C=O) groups is 1. The minimum Gasteiger partial charge on any atom is -0.481 e. The maximum atomic E-state index is 10.4. The molecule has 6 heteroatoms. The van der Waals surface area contributed by atoms with Crippen molar-refractivity contribution in [2.24, 2.45) is 0 Å². The van der Waals surface area contributed by atoms with Crippen LogP contribution >= 0.6 is 0 Å².